The molecule has 3 nitrogen and oxygen atoms in total. The van der Waals surface area contributed by atoms with E-state index in [1.54, 1.807) is 0 Å². The van der Waals surface area contributed by atoms with E-state index in [0.717, 1.165) is 44.9 Å². The second-order valence-electron chi connectivity index (χ2n) is 10.2. The van der Waals surface area contributed by atoms with Crippen LogP contribution in [0.5, 0.6) is 0 Å². The number of fused-ring (bicyclic) bond motifs is 5. The molecule has 1 N–H and O–H groups in total. The normalized spacial score (nSPS) is 12.3. The van der Waals surface area contributed by atoms with Crippen molar-refractivity contribution in [2.45, 2.75) is 6.92 Å². The molecule has 0 bridgehead atoms. The summed E-state index contributed by atoms with van der Waals surface area (Å²) in [6.45, 7) is 2.03. The topological polar surface area (TPSA) is 49.1 Å². The lowest BCUT2D eigenvalue weighted by Crippen LogP contribution is -2.00. The number of aromatic nitrogens is 1. The molecule has 7 rings (SSSR count). The zero-order chi connectivity index (χ0) is 28.5. The summed E-state index contributed by atoms with van der Waals surface area (Å²) in [5.41, 5.74) is 7.93. The Morgan fingerprint density at radius 2 is 1.33 bits per heavy atom. The van der Waals surface area contributed by atoms with Crippen LogP contribution in [0.3, 0.4) is 0 Å². The van der Waals surface area contributed by atoms with Gasteiger partial charge in [-0.3, -0.25) is 4.99 Å². The van der Waals surface area contributed by atoms with Crippen molar-refractivity contribution < 1.29 is 0 Å². The first-order chi connectivity index (χ1) is 20.7. The fourth-order valence-electron chi connectivity index (χ4n) is 5.38. The van der Waals surface area contributed by atoms with Gasteiger partial charge in [0.15, 0.2) is 0 Å². The van der Waals surface area contributed by atoms with Crippen LogP contribution in [0.4, 0.5) is 0 Å². The van der Waals surface area contributed by atoms with Crippen LogP contribution in [0.1, 0.15) is 23.6 Å². The predicted octanol–water partition coefficient (Wildman–Crippen LogP) is 10.2. The molecule has 0 spiro atoms. The number of aliphatic imine (C=N–C) groups is 1. The van der Waals surface area contributed by atoms with Crippen LogP contribution in [-0.2, 0) is 0 Å². The molecule has 0 aliphatic rings. The summed E-state index contributed by atoms with van der Waals surface area (Å²) in [6.07, 6.45) is 1.85. The number of allylic oxidation sites excluding steroid dienone is 1. The van der Waals surface area contributed by atoms with Crippen molar-refractivity contribution in [1.29, 1.82) is 5.41 Å². The van der Waals surface area contributed by atoms with E-state index in [1.165, 1.54) is 25.6 Å². The molecule has 0 aliphatic carbocycles. The summed E-state index contributed by atoms with van der Waals surface area (Å²) in [5.74, 6) is 0. The summed E-state index contributed by atoms with van der Waals surface area (Å²) >= 11 is 1.83. The zero-order valence-electron chi connectivity index (χ0n) is 23.1. The maximum absolute atomic E-state index is 8.75. The predicted molar refractivity (Wildman–Crippen MR) is 180 cm³/mol. The van der Waals surface area contributed by atoms with Crippen molar-refractivity contribution in [1.82, 2.24) is 4.98 Å². The molecule has 4 heteroatoms. The molecular formula is C38H27N3S. The van der Waals surface area contributed by atoms with Crippen LogP contribution in [0.15, 0.2) is 145 Å². The number of hydrogen-bond donors (Lipinski definition) is 1. The lowest BCUT2D eigenvalue weighted by molar-refractivity contribution is 1.42. The van der Waals surface area contributed by atoms with Gasteiger partial charge in [-0.05, 0) is 42.3 Å². The van der Waals surface area contributed by atoms with Crippen LogP contribution in [0, 0.1) is 5.41 Å². The first kappa shape index (κ1) is 25.8. The Balaban J connectivity index is 1.36. The Bertz CT molecular complexity index is 2160. The highest BCUT2D eigenvalue weighted by atomic mass is 32.1. The van der Waals surface area contributed by atoms with E-state index in [1.807, 2.05) is 85.0 Å². The number of nitrogens with zero attached hydrogens (tertiary/aromatic N) is 2. The van der Waals surface area contributed by atoms with E-state index in [-0.39, 0.29) is 0 Å². The second-order valence-corrected chi connectivity index (χ2v) is 11.3. The third-order valence-corrected chi connectivity index (χ3v) is 8.69. The number of para-hydroxylation sites is 1. The lowest BCUT2D eigenvalue weighted by Gasteiger charge is -2.10. The van der Waals surface area contributed by atoms with Gasteiger partial charge in [0.25, 0.3) is 0 Å². The minimum atomic E-state index is 0.423. The molecule has 200 valence electrons. The smallest absolute Gasteiger partial charge is 0.0803 e. The van der Waals surface area contributed by atoms with E-state index in [9.17, 15) is 0 Å². The molecule has 7 aromatic rings. The van der Waals surface area contributed by atoms with Gasteiger partial charge in [0, 0.05) is 42.4 Å². The number of thiophene rings is 1. The van der Waals surface area contributed by atoms with Gasteiger partial charge in [-0.15, -0.1) is 11.3 Å². The molecule has 0 radical (unpaired) electrons. The van der Waals surface area contributed by atoms with E-state index in [0.29, 0.717) is 5.71 Å². The maximum atomic E-state index is 8.75. The van der Waals surface area contributed by atoms with E-state index < -0.39 is 0 Å². The van der Waals surface area contributed by atoms with Gasteiger partial charge in [-0.25, -0.2) is 4.98 Å². The van der Waals surface area contributed by atoms with Crippen LogP contribution in [0.2, 0.25) is 0 Å². The van der Waals surface area contributed by atoms with Gasteiger partial charge in [0.05, 0.1) is 22.6 Å². The van der Waals surface area contributed by atoms with Crippen molar-refractivity contribution in [2.75, 3.05) is 0 Å². The van der Waals surface area contributed by atoms with Gasteiger partial charge in [-0.2, -0.15) is 0 Å². The van der Waals surface area contributed by atoms with Crippen molar-refractivity contribution >= 4 is 59.5 Å². The molecule has 2 heterocycles. The molecule has 0 saturated carbocycles. The molecule has 0 atom stereocenters. The fraction of sp³-hybridized carbons (Fsp3) is 0.0263. The summed E-state index contributed by atoms with van der Waals surface area (Å²) < 4.78 is 2.53. The summed E-state index contributed by atoms with van der Waals surface area (Å²) in [6, 6.07) is 45.3. The molecule has 2 aromatic heterocycles. The fourth-order valence-corrected chi connectivity index (χ4v) is 6.62. The molecule has 0 amide bonds. The van der Waals surface area contributed by atoms with Crippen molar-refractivity contribution in [3.05, 3.63) is 156 Å². The minimum absolute atomic E-state index is 0.423. The van der Waals surface area contributed by atoms with E-state index in [2.05, 4.69) is 72.8 Å². The molecule has 0 unspecified atom stereocenters. The summed E-state index contributed by atoms with van der Waals surface area (Å²) in [4.78, 5) is 10.3. The lowest BCUT2D eigenvalue weighted by atomic mass is 9.99. The molecule has 42 heavy (non-hydrogen) atoms. The number of pyridine rings is 1. The third-order valence-electron chi connectivity index (χ3n) is 7.49. The molecule has 0 fully saturated rings. The Kier molecular flexibility index (Phi) is 6.75. The summed E-state index contributed by atoms with van der Waals surface area (Å²) in [5, 5.41) is 12.4. The minimum Gasteiger partial charge on any atom is -0.300 e. The average molecular weight is 558 g/mol. The highest BCUT2D eigenvalue weighted by Gasteiger charge is 2.16. The van der Waals surface area contributed by atoms with Crippen LogP contribution < -0.4 is 0 Å². The van der Waals surface area contributed by atoms with Crippen molar-refractivity contribution in [3.8, 4) is 11.3 Å². The number of nitrogens with one attached hydrogen (secondary N) is 1. The van der Waals surface area contributed by atoms with E-state index >= 15 is 0 Å². The highest BCUT2D eigenvalue weighted by Crippen LogP contribution is 2.42. The Hall–Kier alpha value is -5.19. The number of hydrogen-bond acceptors (Lipinski definition) is 4. The molecule has 0 aliphatic heterocycles. The Morgan fingerprint density at radius 1 is 0.690 bits per heavy atom. The molecule has 0 saturated heterocycles. The van der Waals surface area contributed by atoms with Gasteiger partial charge in [-0.1, -0.05) is 115 Å². The van der Waals surface area contributed by atoms with Gasteiger partial charge < -0.3 is 5.41 Å². The third kappa shape index (κ3) is 4.83. The number of rotatable bonds is 6. The largest absolute Gasteiger partial charge is 0.300 e. The first-order valence-electron chi connectivity index (χ1n) is 13.9. The SMILES string of the molecule is C/C(=N\C(=C/C(=N)c1ccccc1)c1ccccc1)c1cccc(-c2nc3ccccc3c3sc4ccccc4c23)c1. The monoisotopic (exact) mass is 557 g/mol. The average Bonchev–Trinajstić information content (AvgIpc) is 3.45. The van der Waals surface area contributed by atoms with Crippen LogP contribution in [-0.4, -0.2) is 16.4 Å². The first-order valence-corrected chi connectivity index (χ1v) is 14.7. The van der Waals surface area contributed by atoms with Crippen molar-refractivity contribution in [2.24, 2.45) is 4.99 Å². The quantitative estimate of drug-likeness (QED) is 0.203. The standard InChI is InChI=1S/C38H27N3S/c1-25(40-34(27-15-6-3-7-16-27)24-32(39)26-13-4-2-5-14-26)28-17-12-18-29(23-28)37-36-31-20-9-11-22-35(31)42-38(36)30-19-8-10-21-33(30)41-37/h2-24,39H,1H3/b34-24-,39-32?,40-25+. The van der Waals surface area contributed by atoms with Crippen molar-refractivity contribution in [3.63, 3.8) is 0 Å². The molecular weight excluding hydrogens is 531 g/mol. The summed E-state index contributed by atoms with van der Waals surface area (Å²) in [7, 11) is 0. The number of benzene rings is 5. The second kappa shape index (κ2) is 11.0. The Morgan fingerprint density at radius 3 is 2.12 bits per heavy atom. The van der Waals surface area contributed by atoms with Crippen LogP contribution >= 0.6 is 11.3 Å². The van der Waals surface area contributed by atoms with Gasteiger partial charge in [0.2, 0.25) is 0 Å². The highest BCUT2D eigenvalue weighted by molar-refractivity contribution is 7.26. The van der Waals surface area contributed by atoms with Crippen LogP contribution in [0.25, 0.3) is 48.0 Å². The van der Waals surface area contributed by atoms with Gasteiger partial charge in [0.1, 0.15) is 0 Å². The zero-order valence-corrected chi connectivity index (χ0v) is 23.9. The van der Waals surface area contributed by atoms with Gasteiger partial charge >= 0.3 is 0 Å². The molecule has 5 aromatic carbocycles. The maximum Gasteiger partial charge on any atom is 0.0803 e. The Labute approximate surface area is 248 Å². The van der Waals surface area contributed by atoms with E-state index in [4.69, 9.17) is 15.4 Å².